The molecule has 0 spiro atoms. The number of aliphatic imine (C=N–C) groups is 1. The lowest BCUT2D eigenvalue weighted by Crippen LogP contribution is -2.57. The summed E-state index contributed by atoms with van der Waals surface area (Å²) in [5.41, 5.74) is -1.08. The van der Waals surface area contributed by atoms with Crippen molar-refractivity contribution in [2.24, 2.45) is 4.99 Å². The first kappa shape index (κ1) is 18.1. The van der Waals surface area contributed by atoms with Crippen LogP contribution in [-0.2, 0) is 15.3 Å². The van der Waals surface area contributed by atoms with Crippen LogP contribution < -0.4 is 5.32 Å². The summed E-state index contributed by atoms with van der Waals surface area (Å²) in [6.45, 7) is 4.57. The van der Waals surface area contributed by atoms with Crippen LogP contribution >= 0.6 is 22.6 Å². The second-order valence-electron chi connectivity index (χ2n) is 6.12. The second-order valence-corrected chi connectivity index (χ2v) is 10.0. The summed E-state index contributed by atoms with van der Waals surface area (Å²) in [5.74, 6) is -0.798. The topological polar surface area (TPSA) is 103 Å². The molecule has 0 aliphatic carbocycles. The molecule has 6 nitrogen and oxygen atoms in total. The minimum absolute atomic E-state index is 0.0861. The number of halogens is 2. The molecule has 1 amide bonds. The van der Waals surface area contributed by atoms with E-state index in [1.54, 1.807) is 19.1 Å². The molecule has 9 heteroatoms. The maximum Gasteiger partial charge on any atom is 0.410 e. The molecule has 1 unspecified atom stereocenters. The summed E-state index contributed by atoms with van der Waals surface area (Å²) < 4.78 is 34.9. The minimum atomic E-state index is -3.27. The van der Waals surface area contributed by atoms with Crippen molar-refractivity contribution >= 4 is 44.2 Å². The van der Waals surface area contributed by atoms with Crippen LogP contribution in [0.25, 0.3) is 0 Å². The third kappa shape index (κ3) is 3.21. The average molecular weight is 453 g/mol. The first-order valence-electron chi connectivity index (χ1n) is 6.71. The van der Waals surface area contributed by atoms with E-state index in [0.29, 0.717) is 0 Å². The molecule has 0 radical (unpaired) electrons. The van der Waals surface area contributed by atoms with Crippen LogP contribution in [0.3, 0.4) is 0 Å². The molecule has 1 heterocycles. The fourth-order valence-corrected chi connectivity index (χ4v) is 4.75. The molecular weight excluding hydrogens is 436 g/mol. The summed E-state index contributed by atoms with van der Waals surface area (Å²) in [7, 11) is -3.27. The molecular formula is C14H17FIN3O3S. The number of hydrogen-bond acceptors (Lipinski definition) is 4. The maximum atomic E-state index is 14.3. The fraction of sp³-hybridized carbons (Fsp3) is 0.429. The summed E-state index contributed by atoms with van der Waals surface area (Å²) in [6.07, 6.45) is -1.36. The Morgan fingerprint density at radius 1 is 1.48 bits per heavy atom. The van der Waals surface area contributed by atoms with Gasteiger partial charge in [-0.1, -0.05) is 0 Å². The van der Waals surface area contributed by atoms with Gasteiger partial charge in [0, 0.05) is 9.13 Å². The van der Waals surface area contributed by atoms with Gasteiger partial charge in [0.05, 0.1) is 15.5 Å². The fourth-order valence-electron chi connectivity index (χ4n) is 2.47. The molecule has 1 aromatic rings. The molecule has 0 saturated heterocycles. The number of rotatable bonds is 1. The standard InChI is InChI=1S/C14H17FIN3O3S/c1-13(2)11(18-12(20)21)19-14(3,7-23(13,17)22)9-6-8(16)4-5-10(9)15/h4-6,17H,7H2,1-3H3,(H,18,19)(H,20,21)/t14-,23?/m0/s1. The van der Waals surface area contributed by atoms with Gasteiger partial charge >= 0.3 is 6.09 Å². The quantitative estimate of drug-likeness (QED) is 0.570. The molecule has 0 fully saturated rings. The van der Waals surface area contributed by atoms with E-state index in [2.05, 4.69) is 10.3 Å². The van der Waals surface area contributed by atoms with Crippen LogP contribution in [0.4, 0.5) is 9.18 Å². The van der Waals surface area contributed by atoms with Crippen molar-refractivity contribution in [2.75, 3.05) is 5.75 Å². The lowest BCUT2D eigenvalue weighted by Gasteiger charge is -2.40. The van der Waals surface area contributed by atoms with Crippen molar-refractivity contribution in [3.8, 4) is 0 Å². The van der Waals surface area contributed by atoms with E-state index >= 15 is 0 Å². The lowest BCUT2D eigenvalue weighted by molar-refractivity contribution is 0.199. The van der Waals surface area contributed by atoms with E-state index in [1.165, 1.54) is 19.9 Å². The van der Waals surface area contributed by atoms with E-state index in [4.69, 9.17) is 9.89 Å². The Kier molecular flexibility index (Phi) is 4.48. The third-order valence-corrected chi connectivity index (χ3v) is 7.45. The minimum Gasteiger partial charge on any atom is -0.465 e. The van der Waals surface area contributed by atoms with Crippen LogP contribution in [0, 0.1) is 14.2 Å². The predicted molar refractivity (Wildman–Crippen MR) is 94.9 cm³/mol. The van der Waals surface area contributed by atoms with Gasteiger partial charge in [0.1, 0.15) is 21.9 Å². The summed E-state index contributed by atoms with van der Waals surface area (Å²) >= 11 is 2.02. The normalized spacial score (nSPS) is 29.7. The van der Waals surface area contributed by atoms with E-state index < -0.39 is 31.9 Å². The summed E-state index contributed by atoms with van der Waals surface area (Å²) in [5, 5.41) is 11.1. The van der Waals surface area contributed by atoms with Crippen LogP contribution in [0.1, 0.15) is 26.3 Å². The Bertz CT molecular complexity index is 807. The Morgan fingerprint density at radius 2 is 2.09 bits per heavy atom. The molecule has 23 heavy (non-hydrogen) atoms. The highest BCUT2D eigenvalue weighted by Gasteiger charge is 2.48. The SMILES string of the molecule is CC1(C)C(NC(=O)O)=N[C@](C)(c2cc(I)ccc2F)CS1(=N)=O. The smallest absolute Gasteiger partial charge is 0.410 e. The Labute approximate surface area is 147 Å². The molecule has 0 bridgehead atoms. The van der Waals surface area contributed by atoms with Crippen LogP contribution in [0.15, 0.2) is 23.2 Å². The zero-order valence-corrected chi connectivity index (χ0v) is 15.8. The molecule has 1 aliphatic rings. The molecule has 3 N–H and O–H groups in total. The van der Waals surface area contributed by atoms with E-state index in [1.807, 2.05) is 22.6 Å². The average Bonchev–Trinajstić information content (AvgIpc) is 2.38. The second kappa shape index (κ2) is 5.69. The maximum absolute atomic E-state index is 14.3. The molecule has 2 rings (SSSR count). The van der Waals surface area contributed by atoms with Crippen molar-refractivity contribution < 1.29 is 18.5 Å². The van der Waals surface area contributed by atoms with Crippen LogP contribution in [0.5, 0.6) is 0 Å². The van der Waals surface area contributed by atoms with E-state index in [-0.39, 0.29) is 17.2 Å². The van der Waals surface area contributed by atoms with Crippen molar-refractivity contribution in [2.45, 2.75) is 31.1 Å². The third-order valence-electron chi connectivity index (χ3n) is 3.97. The lowest BCUT2D eigenvalue weighted by atomic mass is 9.93. The number of hydrogen-bond donors (Lipinski definition) is 3. The van der Waals surface area contributed by atoms with Crippen molar-refractivity contribution in [1.29, 1.82) is 4.78 Å². The van der Waals surface area contributed by atoms with Crippen LogP contribution in [-0.4, -0.2) is 31.7 Å². The largest absolute Gasteiger partial charge is 0.465 e. The van der Waals surface area contributed by atoms with Crippen LogP contribution in [0.2, 0.25) is 0 Å². The van der Waals surface area contributed by atoms with Gasteiger partial charge in [0.15, 0.2) is 0 Å². The molecule has 1 aliphatic heterocycles. The Hall–Kier alpha value is -1.23. The molecule has 1 aromatic carbocycles. The van der Waals surface area contributed by atoms with E-state index in [0.717, 1.165) is 3.57 Å². The first-order valence-corrected chi connectivity index (χ1v) is 9.51. The highest BCUT2D eigenvalue weighted by Crippen LogP contribution is 2.38. The van der Waals surface area contributed by atoms with Gasteiger partial charge in [0.2, 0.25) is 0 Å². The van der Waals surface area contributed by atoms with Gasteiger partial charge in [-0.15, -0.1) is 0 Å². The van der Waals surface area contributed by atoms with Crippen molar-refractivity contribution in [3.63, 3.8) is 0 Å². The highest BCUT2D eigenvalue weighted by molar-refractivity contribution is 14.1. The molecule has 0 saturated carbocycles. The van der Waals surface area contributed by atoms with Gasteiger partial charge < -0.3 is 5.11 Å². The Morgan fingerprint density at radius 3 is 2.65 bits per heavy atom. The van der Waals surface area contributed by atoms with Crippen molar-refractivity contribution in [1.82, 2.24) is 5.32 Å². The van der Waals surface area contributed by atoms with Crippen molar-refractivity contribution in [3.05, 3.63) is 33.1 Å². The molecule has 2 atom stereocenters. The Balaban J connectivity index is 2.71. The number of carbonyl (C=O) groups is 1. The van der Waals surface area contributed by atoms with Gasteiger partial charge in [-0.25, -0.2) is 13.4 Å². The number of nitrogens with zero attached hydrogens (tertiary/aromatic N) is 1. The predicted octanol–water partition coefficient (Wildman–Crippen LogP) is 3.15. The summed E-state index contributed by atoms with van der Waals surface area (Å²) in [6, 6.07) is 4.45. The van der Waals surface area contributed by atoms with Gasteiger partial charge in [-0.2, -0.15) is 0 Å². The first-order chi connectivity index (χ1) is 10.4. The summed E-state index contributed by atoms with van der Waals surface area (Å²) in [4.78, 5) is 15.4. The van der Waals surface area contributed by atoms with Gasteiger partial charge in [-0.05, 0) is 61.6 Å². The zero-order chi connectivity index (χ0) is 17.6. The zero-order valence-electron chi connectivity index (χ0n) is 12.8. The van der Waals surface area contributed by atoms with E-state index in [9.17, 15) is 13.4 Å². The molecule has 0 aromatic heterocycles. The van der Waals surface area contributed by atoms with Gasteiger partial charge in [0.25, 0.3) is 0 Å². The highest BCUT2D eigenvalue weighted by atomic mass is 127. The number of amides is 1. The number of nitrogens with one attached hydrogen (secondary N) is 2. The monoisotopic (exact) mass is 453 g/mol. The number of carboxylic acid groups (broad SMARTS) is 1. The van der Waals surface area contributed by atoms with Gasteiger partial charge in [-0.3, -0.25) is 15.1 Å². The molecule has 126 valence electrons. The number of amidine groups is 1. The number of benzene rings is 1.